The lowest BCUT2D eigenvalue weighted by Gasteiger charge is -2.35. The maximum Gasteiger partial charge on any atom is 0.251 e. The Morgan fingerprint density at radius 1 is 1.09 bits per heavy atom. The summed E-state index contributed by atoms with van der Waals surface area (Å²) in [5.74, 6) is 1.30. The number of nitrogens with one attached hydrogen (secondary N) is 3. The Bertz CT molecular complexity index is 961. The summed E-state index contributed by atoms with van der Waals surface area (Å²) in [5, 5.41) is 5.02. The monoisotopic (exact) mass is 457 g/mol. The molecular formula is C22H27N5O4S. The highest BCUT2D eigenvalue weighted by Crippen LogP contribution is 2.32. The van der Waals surface area contributed by atoms with E-state index in [2.05, 4.69) is 32.5 Å². The maximum atomic E-state index is 12.9. The second kappa shape index (κ2) is 9.45. The number of hydrazine groups is 1. The molecule has 5 rings (SSSR count). The fourth-order valence-electron chi connectivity index (χ4n) is 4.27. The zero-order valence-corrected chi connectivity index (χ0v) is 18.5. The van der Waals surface area contributed by atoms with Crippen molar-refractivity contribution in [2.75, 3.05) is 46.1 Å². The first-order valence-corrected chi connectivity index (χ1v) is 11.8. The molecule has 0 saturated carbocycles. The van der Waals surface area contributed by atoms with Crippen LogP contribution in [0.2, 0.25) is 0 Å². The molecule has 2 amide bonds. The van der Waals surface area contributed by atoms with E-state index in [0.29, 0.717) is 36.7 Å². The Balaban J connectivity index is 1.03. The van der Waals surface area contributed by atoms with Crippen molar-refractivity contribution in [1.29, 1.82) is 0 Å². The van der Waals surface area contributed by atoms with Crippen LogP contribution in [0.15, 0.2) is 35.7 Å². The Morgan fingerprint density at radius 3 is 2.75 bits per heavy atom. The number of ether oxygens (including phenoxy) is 2. The van der Waals surface area contributed by atoms with Gasteiger partial charge in [-0.1, -0.05) is 6.07 Å². The van der Waals surface area contributed by atoms with Gasteiger partial charge in [-0.05, 0) is 36.1 Å². The number of hydrogen-bond donors (Lipinski definition) is 3. The summed E-state index contributed by atoms with van der Waals surface area (Å²) < 4.78 is 10.6. The summed E-state index contributed by atoms with van der Waals surface area (Å²) in [5.41, 5.74) is 6.98. The number of benzene rings is 1. The zero-order chi connectivity index (χ0) is 21.9. The van der Waals surface area contributed by atoms with E-state index in [-0.39, 0.29) is 30.7 Å². The molecule has 0 bridgehead atoms. The van der Waals surface area contributed by atoms with E-state index in [1.165, 1.54) is 4.88 Å². The summed E-state index contributed by atoms with van der Waals surface area (Å²) in [7, 11) is 0. The molecule has 0 spiro atoms. The first kappa shape index (κ1) is 21.2. The molecule has 3 aliphatic heterocycles. The van der Waals surface area contributed by atoms with Crippen molar-refractivity contribution in [2.45, 2.75) is 18.5 Å². The van der Waals surface area contributed by atoms with Crippen LogP contribution in [0.5, 0.6) is 11.5 Å². The molecule has 2 unspecified atom stereocenters. The maximum absolute atomic E-state index is 12.9. The molecule has 4 heterocycles. The van der Waals surface area contributed by atoms with E-state index in [0.717, 1.165) is 26.1 Å². The van der Waals surface area contributed by atoms with Crippen molar-refractivity contribution in [1.82, 2.24) is 26.0 Å². The van der Waals surface area contributed by atoms with E-state index in [1.54, 1.807) is 29.5 Å². The number of rotatable bonds is 6. The first-order valence-electron chi connectivity index (χ1n) is 10.9. The van der Waals surface area contributed by atoms with Crippen LogP contribution in [0.25, 0.3) is 0 Å². The van der Waals surface area contributed by atoms with Crippen molar-refractivity contribution in [3.05, 3.63) is 46.2 Å². The van der Waals surface area contributed by atoms with Gasteiger partial charge in [0, 0.05) is 49.7 Å². The number of nitrogens with zero attached hydrogens (tertiary/aromatic N) is 2. The van der Waals surface area contributed by atoms with E-state index < -0.39 is 0 Å². The van der Waals surface area contributed by atoms with E-state index in [9.17, 15) is 9.59 Å². The number of carbonyl (C=O) groups excluding carboxylic acids is 2. The number of amides is 2. The van der Waals surface area contributed by atoms with Crippen LogP contribution in [0.1, 0.15) is 27.7 Å². The predicted molar refractivity (Wildman–Crippen MR) is 120 cm³/mol. The van der Waals surface area contributed by atoms with Crippen molar-refractivity contribution >= 4 is 23.2 Å². The Labute approximate surface area is 190 Å². The number of piperazine rings is 1. The largest absolute Gasteiger partial charge is 0.454 e. The van der Waals surface area contributed by atoms with Crippen LogP contribution in [0.3, 0.4) is 0 Å². The van der Waals surface area contributed by atoms with Gasteiger partial charge >= 0.3 is 0 Å². The van der Waals surface area contributed by atoms with Gasteiger partial charge in [-0.3, -0.25) is 14.5 Å². The molecule has 0 aliphatic carbocycles. The van der Waals surface area contributed by atoms with Crippen LogP contribution in [0, 0.1) is 0 Å². The van der Waals surface area contributed by atoms with Gasteiger partial charge in [0.25, 0.3) is 5.91 Å². The third kappa shape index (κ3) is 4.58. The topological polar surface area (TPSA) is 95.2 Å². The SMILES string of the molecule is O=C(NCCN1CCN(C(=O)C2CC(c3cccs3)NN2)CC1)c1ccc2c(c1)OCO2. The molecule has 1 aromatic carbocycles. The third-order valence-electron chi connectivity index (χ3n) is 6.12. The van der Waals surface area contributed by atoms with Crippen LogP contribution in [-0.4, -0.2) is 73.7 Å². The molecule has 3 aliphatic rings. The van der Waals surface area contributed by atoms with Crippen LogP contribution < -0.4 is 25.6 Å². The average Bonchev–Trinajstić information content (AvgIpc) is 3.59. The van der Waals surface area contributed by atoms with Crippen molar-refractivity contribution in [2.24, 2.45) is 0 Å². The summed E-state index contributed by atoms with van der Waals surface area (Å²) in [4.78, 5) is 30.8. The minimum Gasteiger partial charge on any atom is -0.454 e. The molecule has 2 fully saturated rings. The molecule has 1 aromatic heterocycles. The summed E-state index contributed by atoms with van der Waals surface area (Å²) in [6, 6.07) is 9.34. The lowest BCUT2D eigenvalue weighted by Crippen LogP contribution is -2.54. The van der Waals surface area contributed by atoms with Gasteiger partial charge in [-0.2, -0.15) is 0 Å². The molecule has 3 N–H and O–H groups in total. The fraction of sp³-hybridized carbons (Fsp3) is 0.455. The van der Waals surface area contributed by atoms with Crippen molar-refractivity contribution in [3.8, 4) is 11.5 Å². The highest BCUT2D eigenvalue weighted by molar-refractivity contribution is 7.10. The smallest absolute Gasteiger partial charge is 0.251 e. The lowest BCUT2D eigenvalue weighted by atomic mass is 10.1. The van der Waals surface area contributed by atoms with Crippen molar-refractivity contribution in [3.63, 3.8) is 0 Å². The number of thiophene rings is 1. The highest BCUT2D eigenvalue weighted by atomic mass is 32.1. The van der Waals surface area contributed by atoms with Gasteiger partial charge in [0.15, 0.2) is 11.5 Å². The highest BCUT2D eigenvalue weighted by Gasteiger charge is 2.34. The molecule has 2 atom stereocenters. The molecule has 9 nitrogen and oxygen atoms in total. The summed E-state index contributed by atoms with van der Waals surface area (Å²) in [6.45, 7) is 4.52. The molecule has 2 saturated heterocycles. The van der Waals surface area contributed by atoms with Crippen LogP contribution >= 0.6 is 11.3 Å². The third-order valence-corrected chi connectivity index (χ3v) is 7.11. The number of fused-ring (bicyclic) bond motifs is 1. The standard InChI is InChI=1S/C22H27N5O4S/c28-21(15-3-4-18-19(12-15)31-14-30-18)23-5-6-26-7-9-27(10-8-26)22(29)17-13-16(24-25-17)20-2-1-11-32-20/h1-4,11-12,16-17,24-25H,5-10,13-14H2,(H,23,28). The molecular weight excluding hydrogens is 430 g/mol. The zero-order valence-electron chi connectivity index (χ0n) is 17.7. The van der Waals surface area contributed by atoms with Gasteiger partial charge in [-0.15, -0.1) is 11.3 Å². The van der Waals surface area contributed by atoms with E-state index >= 15 is 0 Å². The normalized spacial score (nSPS) is 22.8. The van der Waals surface area contributed by atoms with E-state index in [1.807, 2.05) is 11.0 Å². The van der Waals surface area contributed by atoms with Gasteiger partial charge in [0.1, 0.15) is 6.04 Å². The van der Waals surface area contributed by atoms with Crippen molar-refractivity contribution < 1.29 is 19.1 Å². The molecule has 10 heteroatoms. The second-order valence-corrected chi connectivity index (χ2v) is 9.12. The van der Waals surface area contributed by atoms with Gasteiger partial charge in [0.2, 0.25) is 12.7 Å². The minimum atomic E-state index is -0.186. The Morgan fingerprint density at radius 2 is 1.94 bits per heavy atom. The Hall–Kier alpha value is -2.66. The molecule has 170 valence electrons. The average molecular weight is 458 g/mol. The van der Waals surface area contributed by atoms with Gasteiger partial charge in [0.05, 0.1) is 6.04 Å². The van der Waals surface area contributed by atoms with E-state index in [4.69, 9.17) is 9.47 Å². The lowest BCUT2D eigenvalue weighted by molar-refractivity contribution is -0.134. The first-order chi connectivity index (χ1) is 15.7. The van der Waals surface area contributed by atoms with Crippen LogP contribution in [0.4, 0.5) is 0 Å². The second-order valence-electron chi connectivity index (χ2n) is 8.14. The Kier molecular flexibility index (Phi) is 6.26. The minimum absolute atomic E-state index is 0.128. The molecule has 2 aromatic rings. The predicted octanol–water partition coefficient (Wildman–Crippen LogP) is 0.959. The summed E-state index contributed by atoms with van der Waals surface area (Å²) in [6.07, 6.45) is 0.769. The molecule has 32 heavy (non-hydrogen) atoms. The number of carbonyl (C=O) groups is 2. The summed E-state index contributed by atoms with van der Waals surface area (Å²) >= 11 is 1.71. The fourth-order valence-corrected chi connectivity index (χ4v) is 5.06. The number of hydrogen-bond acceptors (Lipinski definition) is 8. The quantitative estimate of drug-likeness (QED) is 0.595. The molecule has 0 radical (unpaired) electrons. The van der Waals surface area contributed by atoms with Gasteiger partial charge in [-0.25, -0.2) is 10.9 Å². The van der Waals surface area contributed by atoms with Gasteiger partial charge < -0.3 is 19.7 Å². The van der Waals surface area contributed by atoms with Crippen LogP contribution in [-0.2, 0) is 4.79 Å².